The van der Waals surface area contributed by atoms with E-state index in [1.807, 2.05) is 23.1 Å². The summed E-state index contributed by atoms with van der Waals surface area (Å²) >= 11 is 0. The molecule has 0 bridgehead atoms. The summed E-state index contributed by atoms with van der Waals surface area (Å²) < 4.78 is 55.3. The lowest BCUT2D eigenvalue weighted by molar-refractivity contribution is -0.122. The number of nitrogens with zero attached hydrogens (tertiary/aromatic N) is 2. The van der Waals surface area contributed by atoms with Crippen LogP contribution in [0.25, 0.3) is 0 Å². The third-order valence-electron chi connectivity index (χ3n) is 4.92. The Morgan fingerprint density at radius 2 is 1.61 bits per heavy atom. The van der Waals surface area contributed by atoms with Gasteiger partial charge in [-0.15, -0.1) is 0 Å². The summed E-state index contributed by atoms with van der Waals surface area (Å²) in [6, 6.07) is 15.1. The molecule has 2 aromatic rings. The molecule has 3 rings (SSSR count). The number of hydrogen-bond acceptors (Lipinski definition) is 5. The first-order valence-electron chi connectivity index (χ1n) is 9.86. The monoisotopic (exact) mass is 453 g/mol. The number of ether oxygens (including phenoxy) is 1. The molecule has 0 unspecified atom stereocenters. The van der Waals surface area contributed by atoms with E-state index in [0.29, 0.717) is 26.2 Å². The van der Waals surface area contributed by atoms with Crippen molar-refractivity contribution in [3.63, 3.8) is 0 Å². The number of halogens is 2. The summed E-state index contributed by atoms with van der Waals surface area (Å²) in [4.78, 5) is 14.1. The molecule has 1 aliphatic heterocycles. The Hall–Kier alpha value is -2.56. The summed E-state index contributed by atoms with van der Waals surface area (Å²) in [6.07, 6.45) is 0. The van der Waals surface area contributed by atoms with Gasteiger partial charge in [0.15, 0.2) is 0 Å². The number of nitrogens with one attached hydrogen (secondary N) is 1. The van der Waals surface area contributed by atoms with Gasteiger partial charge < -0.3 is 10.1 Å². The second-order valence-corrected chi connectivity index (χ2v) is 9.19. The summed E-state index contributed by atoms with van der Waals surface area (Å²) in [6.45, 7) is -0.817. The lowest BCUT2D eigenvalue weighted by Gasteiger charge is -2.33. The zero-order valence-corrected chi connectivity index (χ0v) is 17.7. The molecule has 1 amide bonds. The maximum absolute atomic E-state index is 12.6. The first-order chi connectivity index (χ1) is 14.8. The van der Waals surface area contributed by atoms with Crippen LogP contribution in [0.5, 0.6) is 5.75 Å². The van der Waals surface area contributed by atoms with E-state index in [1.165, 1.54) is 16.4 Å². The summed E-state index contributed by atoms with van der Waals surface area (Å²) in [7, 11) is -3.40. The van der Waals surface area contributed by atoms with Crippen LogP contribution in [-0.4, -0.2) is 62.9 Å². The van der Waals surface area contributed by atoms with Gasteiger partial charge in [0.1, 0.15) is 5.75 Å². The summed E-state index contributed by atoms with van der Waals surface area (Å²) in [5.74, 6) is -0.159. The van der Waals surface area contributed by atoms with Crippen molar-refractivity contribution in [3.8, 4) is 5.75 Å². The molecule has 1 heterocycles. The van der Waals surface area contributed by atoms with E-state index in [2.05, 4.69) is 10.1 Å². The Morgan fingerprint density at radius 1 is 0.968 bits per heavy atom. The second-order valence-electron chi connectivity index (χ2n) is 7.22. The van der Waals surface area contributed by atoms with Gasteiger partial charge in [0.25, 0.3) is 0 Å². The fraction of sp³-hybridized carbons (Fsp3) is 0.381. The SMILES string of the molecule is O=C(CN1CCN(S(=O)(=O)Cc2ccccc2)CC1)NCc1ccc(OC(F)F)cc1. The molecule has 168 valence electrons. The van der Waals surface area contributed by atoms with Gasteiger partial charge in [-0.3, -0.25) is 9.69 Å². The molecule has 2 aromatic carbocycles. The largest absolute Gasteiger partial charge is 0.435 e. The standard InChI is InChI=1S/C21H25F2N3O4S/c22-21(23)30-19-8-6-17(7-9-19)14-24-20(27)15-25-10-12-26(13-11-25)31(28,29)16-18-4-2-1-3-5-18/h1-9,21H,10-16H2,(H,24,27). The van der Waals surface area contributed by atoms with Crippen LogP contribution in [0.3, 0.4) is 0 Å². The molecule has 1 fully saturated rings. The molecule has 7 nitrogen and oxygen atoms in total. The molecule has 31 heavy (non-hydrogen) atoms. The number of amides is 1. The van der Waals surface area contributed by atoms with Crippen LogP contribution in [0, 0.1) is 0 Å². The number of hydrogen-bond donors (Lipinski definition) is 1. The van der Waals surface area contributed by atoms with Gasteiger partial charge in [-0.2, -0.15) is 13.1 Å². The van der Waals surface area contributed by atoms with E-state index >= 15 is 0 Å². The molecule has 1 aliphatic rings. The Labute approximate surface area is 180 Å². The van der Waals surface area contributed by atoms with Crippen LogP contribution in [0.1, 0.15) is 11.1 Å². The number of sulfonamides is 1. The highest BCUT2D eigenvalue weighted by molar-refractivity contribution is 7.88. The minimum absolute atomic E-state index is 0.0323. The predicted molar refractivity (Wildman–Crippen MR) is 112 cm³/mol. The average Bonchev–Trinajstić information content (AvgIpc) is 2.74. The maximum atomic E-state index is 12.6. The Morgan fingerprint density at radius 3 is 2.23 bits per heavy atom. The van der Waals surface area contributed by atoms with Crippen molar-refractivity contribution in [3.05, 3.63) is 65.7 Å². The van der Waals surface area contributed by atoms with Gasteiger partial charge >= 0.3 is 6.61 Å². The molecule has 0 atom stereocenters. The summed E-state index contributed by atoms with van der Waals surface area (Å²) in [5, 5.41) is 2.78. The van der Waals surface area contributed by atoms with Gasteiger partial charge in [-0.25, -0.2) is 8.42 Å². The van der Waals surface area contributed by atoms with Crippen molar-refractivity contribution < 1.29 is 26.7 Å². The third kappa shape index (κ3) is 7.27. The normalized spacial score (nSPS) is 15.7. The zero-order valence-electron chi connectivity index (χ0n) is 16.9. The minimum Gasteiger partial charge on any atom is -0.435 e. The Kier molecular flexibility index (Phi) is 7.94. The number of carbonyl (C=O) groups excluding carboxylic acids is 1. The van der Waals surface area contributed by atoms with Crippen molar-refractivity contribution in [1.29, 1.82) is 0 Å². The molecular formula is C21H25F2N3O4S. The van der Waals surface area contributed by atoms with Crippen LogP contribution in [0.2, 0.25) is 0 Å². The van der Waals surface area contributed by atoms with Crippen molar-refractivity contribution >= 4 is 15.9 Å². The van der Waals surface area contributed by atoms with Gasteiger partial charge in [0.2, 0.25) is 15.9 Å². The molecule has 1 N–H and O–H groups in total. The minimum atomic E-state index is -3.40. The van der Waals surface area contributed by atoms with Crippen LogP contribution in [0.4, 0.5) is 8.78 Å². The first-order valence-corrected chi connectivity index (χ1v) is 11.5. The zero-order chi connectivity index (χ0) is 22.3. The number of rotatable bonds is 9. The van der Waals surface area contributed by atoms with Gasteiger partial charge in [0.05, 0.1) is 12.3 Å². The van der Waals surface area contributed by atoms with Crippen LogP contribution in [-0.2, 0) is 27.1 Å². The highest BCUT2D eigenvalue weighted by Gasteiger charge is 2.27. The molecule has 0 aromatic heterocycles. The van der Waals surface area contributed by atoms with Crippen LogP contribution < -0.4 is 10.1 Å². The predicted octanol–water partition coefficient (Wildman–Crippen LogP) is 2.05. The highest BCUT2D eigenvalue weighted by Crippen LogP contribution is 2.15. The van der Waals surface area contributed by atoms with Crippen LogP contribution in [0.15, 0.2) is 54.6 Å². The number of alkyl halides is 2. The maximum Gasteiger partial charge on any atom is 0.387 e. The molecule has 0 radical (unpaired) electrons. The topological polar surface area (TPSA) is 79.0 Å². The van der Waals surface area contributed by atoms with Gasteiger partial charge in [-0.1, -0.05) is 42.5 Å². The van der Waals surface area contributed by atoms with E-state index in [0.717, 1.165) is 11.1 Å². The molecule has 10 heteroatoms. The average molecular weight is 454 g/mol. The molecule has 1 saturated heterocycles. The van der Waals surface area contributed by atoms with Crippen molar-refractivity contribution in [2.75, 3.05) is 32.7 Å². The second kappa shape index (κ2) is 10.7. The molecule has 0 saturated carbocycles. The number of piperazine rings is 1. The summed E-state index contributed by atoms with van der Waals surface area (Å²) in [5.41, 5.74) is 1.50. The molecular weight excluding hydrogens is 428 g/mol. The lowest BCUT2D eigenvalue weighted by Crippen LogP contribution is -2.51. The Bertz CT molecular complexity index is 948. The van der Waals surface area contributed by atoms with E-state index in [-0.39, 0.29) is 30.5 Å². The van der Waals surface area contributed by atoms with E-state index < -0.39 is 16.6 Å². The Balaban J connectivity index is 1.40. The lowest BCUT2D eigenvalue weighted by atomic mass is 10.2. The van der Waals surface area contributed by atoms with Gasteiger partial charge in [-0.05, 0) is 23.3 Å². The van der Waals surface area contributed by atoms with E-state index in [1.54, 1.807) is 24.3 Å². The first kappa shape index (κ1) is 23.1. The number of benzene rings is 2. The van der Waals surface area contributed by atoms with E-state index in [4.69, 9.17) is 0 Å². The van der Waals surface area contributed by atoms with Crippen molar-refractivity contribution in [2.24, 2.45) is 0 Å². The quantitative estimate of drug-likeness (QED) is 0.629. The molecule has 0 spiro atoms. The van der Waals surface area contributed by atoms with E-state index in [9.17, 15) is 22.0 Å². The van der Waals surface area contributed by atoms with Crippen LogP contribution >= 0.6 is 0 Å². The fourth-order valence-corrected chi connectivity index (χ4v) is 4.81. The van der Waals surface area contributed by atoms with Crippen molar-refractivity contribution in [2.45, 2.75) is 18.9 Å². The number of carbonyl (C=O) groups is 1. The van der Waals surface area contributed by atoms with Crippen molar-refractivity contribution in [1.82, 2.24) is 14.5 Å². The van der Waals surface area contributed by atoms with Gasteiger partial charge in [0, 0.05) is 32.7 Å². The highest BCUT2D eigenvalue weighted by atomic mass is 32.2. The fourth-order valence-electron chi connectivity index (χ4n) is 3.29. The molecule has 0 aliphatic carbocycles. The smallest absolute Gasteiger partial charge is 0.387 e. The third-order valence-corrected chi connectivity index (χ3v) is 6.77.